The third-order valence-electron chi connectivity index (χ3n) is 2.49. The molecule has 0 unspecified atom stereocenters. The molecule has 0 radical (unpaired) electrons. The summed E-state index contributed by atoms with van der Waals surface area (Å²) in [6, 6.07) is 6.35. The average molecular weight is 189 g/mol. The number of fused-ring (bicyclic) bond motifs is 1. The van der Waals surface area contributed by atoms with Crippen LogP contribution in [-0.2, 0) is 13.5 Å². The molecule has 14 heavy (non-hydrogen) atoms. The maximum absolute atomic E-state index is 5.57. The maximum atomic E-state index is 5.57. The highest BCUT2D eigenvalue weighted by molar-refractivity contribution is 5.82. The smallest absolute Gasteiger partial charge is 0.0928 e. The summed E-state index contributed by atoms with van der Waals surface area (Å²) in [7, 11) is 1.97. The monoisotopic (exact) mass is 189 g/mol. The molecule has 0 aliphatic heterocycles. The average Bonchev–Trinajstić information content (AvgIpc) is 2.43. The molecule has 74 valence electrons. The highest BCUT2D eigenvalue weighted by Crippen LogP contribution is 2.19. The predicted octanol–water partition coefficient (Wildman–Crippen LogP) is 1.38. The van der Waals surface area contributed by atoms with E-state index in [-0.39, 0.29) is 0 Å². The summed E-state index contributed by atoms with van der Waals surface area (Å²) >= 11 is 0. The molecule has 0 spiro atoms. The number of nitrogens with zero attached hydrogens (tertiary/aromatic N) is 2. The first-order chi connectivity index (χ1) is 6.72. The first-order valence-corrected chi connectivity index (χ1v) is 4.84. The van der Waals surface area contributed by atoms with Gasteiger partial charge in [-0.1, -0.05) is 12.1 Å². The lowest BCUT2D eigenvalue weighted by Gasteiger charge is -1.99. The summed E-state index contributed by atoms with van der Waals surface area (Å²) in [6.07, 6.45) is 0.885. The van der Waals surface area contributed by atoms with Crippen LogP contribution >= 0.6 is 0 Å². The molecule has 0 amide bonds. The van der Waals surface area contributed by atoms with Crippen molar-refractivity contribution in [2.45, 2.75) is 13.3 Å². The first kappa shape index (κ1) is 9.21. The Labute approximate surface area is 83.5 Å². The molecule has 3 nitrogen and oxygen atoms in total. The largest absolute Gasteiger partial charge is 0.330 e. The molecule has 1 aromatic carbocycles. The summed E-state index contributed by atoms with van der Waals surface area (Å²) in [5, 5.41) is 5.68. The van der Waals surface area contributed by atoms with E-state index in [1.54, 1.807) is 0 Å². The Balaban J connectivity index is 2.64. The molecular formula is C11H15N3. The molecule has 0 aliphatic rings. The number of rotatable bonds is 2. The third-order valence-corrected chi connectivity index (χ3v) is 2.49. The van der Waals surface area contributed by atoms with Gasteiger partial charge in [-0.3, -0.25) is 4.68 Å². The molecule has 2 aromatic rings. The van der Waals surface area contributed by atoms with E-state index < -0.39 is 0 Å². The van der Waals surface area contributed by atoms with Crippen LogP contribution in [0.25, 0.3) is 10.9 Å². The first-order valence-electron chi connectivity index (χ1n) is 4.84. The number of benzene rings is 1. The Morgan fingerprint density at radius 1 is 1.43 bits per heavy atom. The Kier molecular flexibility index (Phi) is 2.25. The molecule has 2 rings (SSSR count). The van der Waals surface area contributed by atoms with Gasteiger partial charge in [0, 0.05) is 24.5 Å². The minimum Gasteiger partial charge on any atom is -0.330 e. The standard InChI is InChI=1S/C11H15N3/c1-8-3-4-9-10(7-8)13-14(2)11(9)5-6-12/h3-4,7H,5-6,12H2,1-2H3. The Morgan fingerprint density at radius 3 is 2.93 bits per heavy atom. The molecular weight excluding hydrogens is 174 g/mol. The fourth-order valence-electron chi connectivity index (χ4n) is 1.80. The van der Waals surface area contributed by atoms with E-state index in [2.05, 4.69) is 30.2 Å². The number of nitrogens with two attached hydrogens (primary N) is 1. The summed E-state index contributed by atoms with van der Waals surface area (Å²) in [6.45, 7) is 2.75. The third kappa shape index (κ3) is 1.40. The van der Waals surface area contributed by atoms with Crippen molar-refractivity contribution in [1.29, 1.82) is 0 Å². The van der Waals surface area contributed by atoms with Crippen molar-refractivity contribution in [3.8, 4) is 0 Å². The van der Waals surface area contributed by atoms with Crippen LogP contribution < -0.4 is 5.73 Å². The van der Waals surface area contributed by atoms with Crippen LogP contribution in [0.3, 0.4) is 0 Å². The van der Waals surface area contributed by atoms with Crippen molar-refractivity contribution in [3.05, 3.63) is 29.5 Å². The molecule has 0 saturated carbocycles. The number of aromatic nitrogens is 2. The second-order valence-corrected chi connectivity index (χ2v) is 3.63. The van der Waals surface area contributed by atoms with Crippen LogP contribution in [0, 0.1) is 6.92 Å². The molecule has 0 saturated heterocycles. The maximum Gasteiger partial charge on any atom is 0.0928 e. The van der Waals surface area contributed by atoms with Gasteiger partial charge in [-0.15, -0.1) is 0 Å². The lowest BCUT2D eigenvalue weighted by atomic mass is 10.1. The predicted molar refractivity (Wildman–Crippen MR) is 58.2 cm³/mol. The fraction of sp³-hybridized carbons (Fsp3) is 0.364. The number of aryl methyl sites for hydroxylation is 2. The van der Waals surface area contributed by atoms with Crippen molar-refractivity contribution in [2.24, 2.45) is 12.8 Å². The molecule has 3 heteroatoms. The number of hydrogen-bond acceptors (Lipinski definition) is 2. The van der Waals surface area contributed by atoms with Crippen LogP contribution in [0.15, 0.2) is 18.2 Å². The summed E-state index contributed by atoms with van der Waals surface area (Å²) < 4.78 is 1.93. The van der Waals surface area contributed by atoms with E-state index >= 15 is 0 Å². The van der Waals surface area contributed by atoms with E-state index in [1.165, 1.54) is 16.6 Å². The minimum atomic E-state index is 0.669. The van der Waals surface area contributed by atoms with Crippen LogP contribution in [0.2, 0.25) is 0 Å². The highest BCUT2D eigenvalue weighted by Gasteiger charge is 2.07. The second kappa shape index (κ2) is 3.42. The van der Waals surface area contributed by atoms with Crippen molar-refractivity contribution in [3.63, 3.8) is 0 Å². The molecule has 2 N–H and O–H groups in total. The quantitative estimate of drug-likeness (QED) is 0.775. The topological polar surface area (TPSA) is 43.8 Å². The normalized spacial score (nSPS) is 11.1. The van der Waals surface area contributed by atoms with Crippen LogP contribution in [0.5, 0.6) is 0 Å². The minimum absolute atomic E-state index is 0.669. The zero-order valence-electron chi connectivity index (χ0n) is 8.62. The Morgan fingerprint density at radius 2 is 2.21 bits per heavy atom. The van der Waals surface area contributed by atoms with E-state index in [9.17, 15) is 0 Å². The van der Waals surface area contributed by atoms with Gasteiger partial charge in [0.25, 0.3) is 0 Å². The van der Waals surface area contributed by atoms with Crippen LogP contribution in [0.1, 0.15) is 11.3 Å². The van der Waals surface area contributed by atoms with E-state index in [0.29, 0.717) is 6.54 Å². The lowest BCUT2D eigenvalue weighted by Crippen LogP contribution is -2.07. The van der Waals surface area contributed by atoms with Gasteiger partial charge in [0.1, 0.15) is 0 Å². The highest BCUT2D eigenvalue weighted by atomic mass is 15.3. The second-order valence-electron chi connectivity index (χ2n) is 3.63. The fourth-order valence-corrected chi connectivity index (χ4v) is 1.80. The van der Waals surface area contributed by atoms with Crippen molar-refractivity contribution in [1.82, 2.24) is 9.78 Å². The molecule has 0 atom stereocenters. The van der Waals surface area contributed by atoms with Gasteiger partial charge in [-0.25, -0.2) is 0 Å². The lowest BCUT2D eigenvalue weighted by molar-refractivity contribution is 0.715. The van der Waals surface area contributed by atoms with Crippen LogP contribution in [-0.4, -0.2) is 16.3 Å². The summed E-state index contributed by atoms with van der Waals surface area (Å²) in [5.41, 5.74) is 9.10. The molecule has 0 bridgehead atoms. The Hall–Kier alpha value is -1.35. The van der Waals surface area contributed by atoms with Crippen molar-refractivity contribution >= 4 is 10.9 Å². The van der Waals surface area contributed by atoms with Gasteiger partial charge in [0.2, 0.25) is 0 Å². The zero-order chi connectivity index (χ0) is 10.1. The molecule has 1 heterocycles. The molecule has 1 aromatic heterocycles. The van der Waals surface area contributed by atoms with Crippen molar-refractivity contribution in [2.75, 3.05) is 6.54 Å². The van der Waals surface area contributed by atoms with Gasteiger partial charge in [-0.2, -0.15) is 5.10 Å². The van der Waals surface area contributed by atoms with Gasteiger partial charge in [-0.05, 0) is 25.1 Å². The summed E-state index contributed by atoms with van der Waals surface area (Å²) in [5.74, 6) is 0. The Bertz CT molecular complexity index is 457. The van der Waals surface area contributed by atoms with Gasteiger partial charge >= 0.3 is 0 Å². The number of hydrogen-bond donors (Lipinski definition) is 1. The molecule has 0 aliphatic carbocycles. The van der Waals surface area contributed by atoms with E-state index in [4.69, 9.17) is 5.73 Å². The van der Waals surface area contributed by atoms with Gasteiger partial charge in [0.15, 0.2) is 0 Å². The van der Waals surface area contributed by atoms with Crippen molar-refractivity contribution < 1.29 is 0 Å². The van der Waals surface area contributed by atoms with Gasteiger partial charge < -0.3 is 5.73 Å². The zero-order valence-corrected chi connectivity index (χ0v) is 8.62. The summed E-state index contributed by atoms with van der Waals surface area (Å²) in [4.78, 5) is 0. The SMILES string of the molecule is Cc1ccc2c(CCN)n(C)nc2c1. The van der Waals surface area contributed by atoms with Gasteiger partial charge in [0.05, 0.1) is 5.52 Å². The molecule has 0 fully saturated rings. The van der Waals surface area contributed by atoms with E-state index in [0.717, 1.165) is 11.9 Å². The van der Waals surface area contributed by atoms with Crippen LogP contribution in [0.4, 0.5) is 0 Å². The van der Waals surface area contributed by atoms with E-state index in [1.807, 2.05) is 11.7 Å².